The van der Waals surface area contributed by atoms with Crippen LogP contribution in [0.2, 0.25) is 0 Å². The summed E-state index contributed by atoms with van der Waals surface area (Å²) in [5, 5.41) is 3.16. The van der Waals surface area contributed by atoms with E-state index < -0.39 is 0 Å². The number of amides is 1. The lowest BCUT2D eigenvalue weighted by atomic mass is 10.1. The zero-order valence-electron chi connectivity index (χ0n) is 14.4. The van der Waals surface area contributed by atoms with Crippen LogP contribution in [-0.4, -0.2) is 48.2 Å². The van der Waals surface area contributed by atoms with Gasteiger partial charge in [0.05, 0.1) is 5.69 Å². The molecule has 0 bridgehead atoms. The summed E-state index contributed by atoms with van der Waals surface area (Å²) in [4.78, 5) is 23.0. The molecule has 6 heteroatoms. The lowest BCUT2D eigenvalue weighted by Crippen LogP contribution is -2.35. The molecule has 0 saturated carbocycles. The first kappa shape index (κ1) is 17.3. The number of thioether (sulfide) groups is 1. The van der Waals surface area contributed by atoms with E-state index in [9.17, 15) is 4.79 Å². The maximum absolute atomic E-state index is 13.0. The number of hydrogen-bond donors (Lipinski definition) is 0. The molecule has 2 heterocycles. The number of anilines is 1. The van der Waals surface area contributed by atoms with Crippen LogP contribution in [0.4, 0.5) is 5.13 Å². The second-order valence-corrected chi connectivity index (χ2v) is 7.80. The van der Waals surface area contributed by atoms with Gasteiger partial charge in [-0.25, -0.2) is 4.98 Å². The summed E-state index contributed by atoms with van der Waals surface area (Å²) in [6.07, 6.45) is 3.02. The van der Waals surface area contributed by atoms with E-state index >= 15 is 0 Å². The second-order valence-electron chi connectivity index (χ2n) is 6.09. The van der Waals surface area contributed by atoms with Gasteiger partial charge in [-0.15, -0.1) is 23.1 Å². The number of carbonyl (C=O) groups excluding carboxylic acids is 1. The highest BCUT2D eigenvalue weighted by Gasteiger charge is 2.22. The SMILES string of the molecule is CSc1ccc(C)c(C(=O)N2CCCN(c3nc(C)cs3)CC2)c1. The van der Waals surface area contributed by atoms with Crippen molar-refractivity contribution in [3.63, 3.8) is 0 Å². The number of thiazole rings is 1. The van der Waals surface area contributed by atoms with Crippen molar-refractivity contribution in [2.24, 2.45) is 0 Å². The molecule has 0 radical (unpaired) electrons. The molecule has 0 unspecified atom stereocenters. The highest BCUT2D eigenvalue weighted by molar-refractivity contribution is 7.98. The van der Waals surface area contributed by atoms with Crippen LogP contribution in [0.5, 0.6) is 0 Å². The van der Waals surface area contributed by atoms with Crippen molar-refractivity contribution in [1.29, 1.82) is 0 Å². The normalized spacial score (nSPS) is 15.5. The van der Waals surface area contributed by atoms with Crippen LogP contribution in [-0.2, 0) is 0 Å². The number of rotatable bonds is 3. The van der Waals surface area contributed by atoms with Gasteiger partial charge < -0.3 is 9.80 Å². The third kappa shape index (κ3) is 3.75. The molecule has 1 amide bonds. The predicted molar refractivity (Wildman–Crippen MR) is 103 cm³/mol. The van der Waals surface area contributed by atoms with Gasteiger partial charge in [0, 0.05) is 42.0 Å². The van der Waals surface area contributed by atoms with Crippen LogP contribution in [0, 0.1) is 13.8 Å². The zero-order chi connectivity index (χ0) is 17.1. The molecule has 2 aromatic rings. The van der Waals surface area contributed by atoms with Crippen LogP contribution < -0.4 is 4.90 Å². The smallest absolute Gasteiger partial charge is 0.254 e. The summed E-state index contributed by atoms with van der Waals surface area (Å²) in [6.45, 7) is 7.40. The number of benzene rings is 1. The lowest BCUT2D eigenvalue weighted by Gasteiger charge is -2.22. The topological polar surface area (TPSA) is 36.4 Å². The van der Waals surface area contributed by atoms with Crippen molar-refractivity contribution in [2.75, 3.05) is 37.3 Å². The van der Waals surface area contributed by atoms with Crippen LogP contribution in [0.25, 0.3) is 0 Å². The molecule has 1 aliphatic rings. The van der Waals surface area contributed by atoms with E-state index in [2.05, 4.69) is 21.3 Å². The fraction of sp³-hybridized carbons (Fsp3) is 0.444. The van der Waals surface area contributed by atoms with E-state index in [-0.39, 0.29) is 5.91 Å². The fourth-order valence-corrected chi connectivity index (χ4v) is 4.22. The van der Waals surface area contributed by atoms with Gasteiger partial charge in [-0.1, -0.05) is 6.07 Å². The first-order valence-electron chi connectivity index (χ1n) is 8.19. The number of aromatic nitrogens is 1. The van der Waals surface area contributed by atoms with Crippen molar-refractivity contribution in [3.8, 4) is 0 Å². The quantitative estimate of drug-likeness (QED) is 0.779. The molecule has 0 spiro atoms. The van der Waals surface area contributed by atoms with E-state index in [1.165, 1.54) is 0 Å². The van der Waals surface area contributed by atoms with E-state index in [1.54, 1.807) is 23.1 Å². The molecule has 0 N–H and O–H groups in total. The Labute approximate surface area is 151 Å². The van der Waals surface area contributed by atoms with Crippen molar-refractivity contribution >= 4 is 34.1 Å². The molecule has 0 atom stereocenters. The van der Waals surface area contributed by atoms with Crippen molar-refractivity contribution in [1.82, 2.24) is 9.88 Å². The molecule has 1 fully saturated rings. The Morgan fingerprint density at radius 1 is 1.21 bits per heavy atom. The van der Waals surface area contributed by atoms with Crippen molar-refractivity contribution in [3.05, 3.63) is 40.4 Å². The van der Waals surface area contributed by atoms with Gasteiger partial charge in [-0.2, -0.15) is 0 Å². The summed E-state index contributed by atoms with van der Waals surface area (Å²) in [5.41, 5.74) is 2.95. The molecular weight excluding hydrogens is 338 g/mol. The third-order valence-corrected chi connectivity index (χ3v) is 6.08. The van der Waals surface area contributed by atoms with Crippen LogP contribution in [0.15, 0.2) is 28.5 Å². The van der Waals surface area contributed by atoms with Crippen LogP contribution in [0.3, 0.4) is 0 Å². The molecule has 1 aliphatic heterocycles. The molecule has 1 saturated heterocycles. The molecule has 128 valence electrons. The van der Waals surface area contributed by atoms with E-state index in [0.29, 0.717) is 0 Å². The number of nitrogens with zero attached hydrogens (tertiary/aromatic N) is 3. The summed E-state index contributed by atoms with van der Waals surface area (Å²) in [7, 11) is 0. The Morgan fingerprint density at radius 3 is 2.75 bits per heavy atom. The minimum absolute atomic E-state index is 0.153. The van der Waals surface area contributed by atoms with Gasteiger partial charge >= 0.3 is 0 Å². The van der Waals surface area contributed by atoms with E-state index in [1.807, 2.05) is 37.1 Å². The van der Waals surface area contributed by atoms with E-state index in [4.69, 9.17) is 0 Å². The molecule has 3 rings (SSSR count). The Hall–Kier alpha value is -1.53. The number of carbonyl (C=O) groups is 1. The average Bonchev–Trinajstić information content (AvgIpc) is 2.87. The Morgan fingerprint density at radius 2 is 2.04 bits per heavy atom. The first-order valence-corrected chi connectivity index (χ1v) is 10.3. The van der Waals surface area contributed by atoms with Gasteiger partial charge in [0.2, 0.25) is 0 Å². The standard InChI is InChI=1S/C18H23N3OS2/c1-13-5-6-15(23-3)11-16(13)17(22)20-7-4-8-21(10-9-20)18-19-14(2)12-24-18/h5-6,11-12H,4,7-10H2,1-3H3. The molecule has 24 heavy (non-hydrogen) atoms. The minimum Gasteiger partial charge on any atom is -0.346 e. The van der Waals surface area contributed by atoms with E-state index in [0.717, 1.165) is 59.4 Å². The maximum atomic E-state index is 13.0. The summed E-state index contributed by atoms with van der Waals surface area (Å²) in [6, 6.07) is 6.14. The summed E-state index contributed by atoms with van der Waals surface area (Å²) >= 11 is 3.36. The molecular formula is C18H23N3OS2. The molecule has 4 nitrogen and oxygen atoms in total. The predicted octanol–water partition coefficient (Wildman–Crippen LogP) is 3.83. The van der Waals surface area contributed by atoms with Gasteiger partial charge in [-0.3, -0.25) is 4.79 Å². The minimum atomic E-state index is 0.153. The first-order chi connectivity index (χ1) is 11.6. The summed E-state index contributed by atoms with van der Waals surface area (Å²) < 4.78 is 0. The van der Waals surface area contributed by atoms with Crippen LogP contribution in [0.1, 0.15) is 28.0 Å². The Bertz CT molecular complexity index is 729. The van der Waals surface area contributed by atoms with Crippen LogP contribution >= 0.6 is 23.1 Å². The monoisotopic (exact) mass is 361 g/mol. The lowest BCUT2D eigenvalue weighted by molar-refractivity contribution is 0.0766. The average molecular weight is 362 g/mol. The molecule has 1 aromatic heterocycles. The van der Waals surface area contributed by atoms with Crippen molar-refractivity contribution < 1.29 is 4.79 Å². The highest BCUT2D eigenvalue weighted by Crippen LogP contribution is 2.23. The Kier molecular flexibility index (Phi) is 5.46. The number of hydrogen-bond acceptors (Lipinski definition) is 5. The van der Waals surface area contributed by atoms with Gasteiger partial charge in [-0.05, 0) is 44.2 Å². The molecule has 0 aliphatic carbocycles. The summed E-state index contributed by atoms with van der Waals surface area (Å²) in [5.74, 6) is 0.153. The Balaban J connectivity index is 1.73. The van der Waals surface area contributed by atoms with Gasteiger partial charge in [0.25, 0.3) is 5.91 Å². The number of aryl methyl sites for hydroxylation is 2. The molecule has 1 aromatic carbocycles. The van der Waals surface area contributed by atoms with Gasteiger partial charge in [0.15, 0.2) is 5.13 Å². The largest absolute Gasteiger partial charge is 0.346 e. The highest BCUT2D eigenvalue weighted by atomic mass is 32.2. The fourth-order valence-electron chi connectivity index (χ4n) is 2.93. The maximum Gasteiger partial charge on any atom is 0.254 e. The zero-order valence-corrected chi connectivity index (χ0v) is 16.0. The second kappa shape index (κ2) is 7.57. The third-order valence-electron chi connectivity index (χ3n) is 4.34. The van der Waals surface area contributed by atoms with Gasteiger partial charge in [0.1, 0.15) is 0 Å². The van der Waals surface area contributed by atoms with Crippen molar-refractivity contribution in [2.45, 2.75) is 25.2 Å².